The Morgan fingerprint density at radius 1 is 1.25 bits per heavy atom. The first kappa shape index (κ1) is 19.9. The number of carbonyl (C=O) groups excluding carboxylic acids is 2. The minimum absolute atomic E-state index is 0.135. The lowest BCUT2D eigenvalue weighted by atomic mass is 10.2. The van der Waals surface area contributed by atoms with E-state index in [9.17, 15) is 19.5 Å². The second kappa shape index (κ2) is 7.67. The first-order valence-electron chi connectivity index (χ1n) is 9.04. The van der Waals surface area contributed by atoms with Crippen LogP contribution in [-0.2, 0) is 4.79 Å². The first-order chi connectivity index (χ1) is 13.2. The van der Waals surface area contributed by atoms with Gasteiger partial charge < -0.3 is 9.67 Å². The van der Waals surface area contributed by atoms with Crippen LogP contribution in [0.25, 0.3) is 11.8 Å². The fraction of sp³-hybridized carbons (Fsp3) is 0.286. The second-order valence-electron chi connectivity index (χ2n) is 6.83. The molecule has 0 spiro atoms. The van der Waals surface area contributed by atoms with E-state index < -0.39 is 5.97 Å². The molecule has 1 aromatic heterocycles. The van der Waals surface area contributed by atoms with E-state index in [2.05, 4.69) is 0 Å². The van der Waals surface area contributed by atoms with E-state index in [1.165, 1.54) is 4.90 Å². The number of aromatic nitrogens is 1. The molecule has 0 unspecified atom stereocenters. The van der Waals surface area contributed by atoms with Crippen molar-refractivity contribution in [3.8, 4) is 5.69 Å². The van der Waals surface area contributed by atoms with Gasteiger partial charge in [0, 0.05) is 23.1 Å². The third-order valence-electron chi connectivity index (χ3n) is 4.96. The molecule has 1 aromatic carbocycles. The third-order valence-corrected chi connectivity index (χ3v) is 5.85. The summed E-state index contributed by atoms with van der Waals surface area (Å²) in [7, 11) is 0. The molecule has 0 bridgehead atoms. The van der Waals surface area contributed by atoms with E-state index in [0.29, 0.717) is 11.3 Å². The SMILES string of the molecule is CC[C@H](C)N1C(=O)S/C(=C/c2cc(C)n(-c3cccc(C(=O)O)c3)c2C)C1=O. The Hall–Kier alpha value is -2.80. The lowest BCUT2D eigenvalue weighted by Crippen LogP contribution is -2.36. The number of aromatic carboxylic acids is 1. The Labute approximate surface area is 167 Å². The molecule has 2 aromatic rings. The number of nitrogens with zero attached hydrogens (tertiary/aromatic N) is 2. The summed E-state index contributed by atoms with van der Waals surface area (Å²) in [5.41, 5.74) is 3.55. The smallest absolute Gasteiger partial charge is 0.335 e. The molecule has 28 heavy (non-hydrogen) atoms. The number of hydrogen-bond donors (Lipinski definition) is 1. The quantitative estimate of drug-likeness (QED) is 0.743. The summed E-state index contributed by atoms with van der Waals surface area (Å²) in [6, 6.07) is 8.50. The summed E-state index contributed by atoms with van der Waals surface area (Å²) in [6.45, 7) is 7.63. The average molecular weight is 398 g/mol. The van der Waals surface area contributed by atoms with Crippen molar-refractivity contribution in [1.82, 2.24) is 9.47 Å². The van der Waals surface area contributed by atoms with E-state index in [1.54, 1.807) is 24.3 Å². The highest BCUT2D eigenvalue weighted by Crippen LogP contribution is 2.35. The monoisotopic (exact) mass is 398 g/mol. The summed E-state index contributed by atoms with van der Waals surface area (Å²) in [5.74, 6) is -1.25. The van der Waals surface area contributed by atoms with E-state index in [0.717, 1.165) is 34.4 Å². The van der Waals surface area contributed by atoms with E-state index in [4.69, 9.17) is 0 Å². The number of carboxylic acid groups (broad SMARTS) is 1. The van der Waals surface area contributed by atoms with Crippen LogP contribution >= 0.6 is 11.8 Å². The maximum Gasteiger partial charge on any atom is 0.335 e. The van der Waals surface area contributed by atoms with Crippen LogP contribution < -0.4 is 0 Å². The standard InChI is InChI=1S/C21H22N2O4S/c1-5-12(2)23-19(24)18(28-21(23)27)11-16-9-13(3)22(14(16)4)17-8-6-7-15(10-17)20(25)26/h6-12H,5H2,1-4H3,(H,25,26)/b18-11+/t12-/m0/s1. The zero-order chi connectivity index (χ0) is 20.6. The molecule has 1 aliphatic rings. The summed E-state index contributed by atoms with van der Waals surface area (Å²) in [4.78, 5) is 37.9. The van der Waals surface area contributed by atoms with Gasteiger partial charge in [-0.15, -0.1) is 0 Å². The number of carboxylic acids is 1. The first-order valence-corrected chi connectivity index (χ1v) is 9.86. The van der Waals surface area contributed by atoms with Gasteiger partial charge in [-0.25, -0.2) is 4.79 Å². The van der Waals surface area contributed by atoms with Crippen molar-refractivity contribution >= 4 is 35.0 Å². The van der Waals surface area contributed by atoms with Crippen molar-refractivity contribution in [2.45, 2.75) is 40.2 Å². The molecular formula is C21H22N2O4S. The van der Waals surface area contributed by atoms with Crippen molar-refractivity contribution in [2.75, 3.05) is 0 Å². The predicted octanol–water partition coefficient (Wildman–Crippen LogP) is 4.63. The minimum atomic E-state index is -0.983. The number of benzene rings is 1. The largest absolute Gasteiger partial charge is 0.478 e. The number of aryl methyl sites for hydroxylation is 1. The predicted molar refractivity (Wildman–Crippen MR) is 110 cm³/mol. The Bertz CT molecular complexity index is 1010. The highest BCUT2D eigenvalue weighted by molar-refractivity contribution is 8.18. The van der Waals surface area contributed by atoms with Crippen LogP contribution in [0.1, 0.15) is 47.6 Å². The van der Waals surface area contributed by atoms with Gasteiger partial charge in [-0.3, -0.25) is 14.5 Å². The summed E-state index contributed by atoms with van der Waals surface area (Å²) in [6.07, 6.45) is 2.45. The lowest BCUT2D eigenvalue weighted by Gasteiger charge is -2.19. The molecule has 2 amide bonds. The zero-order valence-corrected chi connectivity index (χ0v) is 17.0. The molecule has 0 radical (unpaired) electrons. The number of thioether (sulfide) groups is 1. The van der Waals surface area contributed by atoms with Crippen LogP contribution in [0.4, 0.5) is 4.79 Å². The molecule has 1 fully saturated rings. The minimum Gasteiger partial charge on any atom is -0.478 e. The number of amides is 2. The highest BCUT2D eigenvalue weighted by atomic mass is 32.2. The molecule has 146 valence electrons. The average Bonchev–Trinajstić information content (AvgIpc) is 3.09. The van der Waals surface area contributed by atoms with Crippen LogP contribution in [0.5, 0.6) is 0 Å². The van der Waals surface area contributed by atoms with Crippen molar-refractivity contribution in [1.29, 1.82) is 0 Å². The number of imide groups is 1. The Balaban J connectivity index is 2.00. The van der Waals surface area contributed by atoms with Crippen molar-refractivity contribution in [3.05, 3.63) is 57.8 Å². The molecule has 1 aliphatic heterocycles. The topological polar surface area (TPSA) is 79.6 Å². The van der Waals surface area contributed by atoms with E-state index >= 15 is 0 Å². The third kappa shape index (κ3) is 3.49. The Morgan fingerprint density at radius 2 is 1.96 bits per heavy atom. The fourth-order valence-corrected chi connectivity index (χ4v) is 4.21. The number of carbonyl (C=O) groups is 3. The molecule has 0 aliphatic carbocycles. The zero-order valence-electron chi connectivity index (χ0n) is 16.2. The Morgan fingerprint density at radius 3 is 2.61 bits per heavy atom. The summed E-state index contributed by atoms with van der Waals surface area (Å²) < 4.78 is 1.94. The van der Waals surface area contributed by atoms with Gasteiger partial charge in [0.15, 0.2) is 0 Å². The molecule has 2 heterocycles. The number of hydrogen-bond acceptors (Lipinski definition) is 4. The van der Waals surface area contributed by atoms with E-state index in [1.807, 2.05) is 44.4 Å². The van der Waals surface area contributed by atoms with Crippen LogP contribution in [0.15, 0.2) is 35.2 Å². The normalized spacial score (nSPS) is 16.9. The molecular weight excluding hydrogens is 376 g/mol. The van der Waals surface area contributed by atoms with E-state index in [-0.39, 0.29) is 22.8 Å². The van der Waals surface area contributed by atoms with Gasteiger partial charge in [0.05, 0.1) is 10.5 Å². The van der Waals surface area contributed by atoms with Gasteiger partial charge >= 0.3 is 5.97 Å². The van der Waals surface area contributed by atoms with Crippen molar-refractivity contribution < 1.29 is 19.5 Å². The molecule has 6 nitrogen and oxygen atoms in total. The lowest BCUT2D eigenvalue weighted by molar-refractivity contribution is -0.124. The van der Waals surface area contributed by atoms with Crippen LogP contribution in [-0.4, -0.2) is 37.7 Å². The van der Waals surface area contributed by atoms with Gasteiger partial charge in [-0.1, -0.05) is 13.0 Å². The maximum absolute atomic E-state index is 12.7. The van der Waals surface area contributed by atoms with Crippen molar-refractivity contribution in [3.63, 3.8) is 0 Å². The van der Waals surface area contributed by atoms with Gasteiger partial charge in [0.1, 0.15) is 0 Å². The highest BCUT2D eigenvalue weighted by Gasteiger charge is 2.37. The second-order valence-corrected chi connectivity index (χ2v) is 7.82. The van der Waals surface area contributed by atoms with Crippen LogP contribution in [0.2, 0.25) is 0 Å². The summed E-state index contributed by atoms with van der Waals surface area (Å²) in [5, 5.41) is 9.00. The molecule has 1 atom stereocenters. The van der Waals surface area contributed by atoms with Crippen LogP contribution in [0.3, 0.4) is 0 Å². The van der Waals surface area contributed by atoms with Gasteiger partial charge in [0.2, 0.25) is 0 Å². The fourth-order valence-electron chi connectivity index (χ4n) is 3.29. The number of rotatable bonds is 5. The molecule has 0 saturated carbocycles. The van der Waals surface area contributed by atoms with Gasteiger partial charge in [0.25, 0.3) is 11.1 Å². The summed E-state index contributed by atoms with van der Waals surface area (Å²) >= 11 is 0.958. The van der Waals surface area contributed by atoms with Crippen LogP contribution in [0, 0.1) is 13.8 Å². The Kier molecular flexibility index (Phi) is 5.47. The van der Waals surface area contributed by atoms with Gasteiger partial charge in [-0.05, 0) is 74.9 Å². The molecule has 1 N–H and O–H groups in total. The van der Waals surface area contributed by atoms with Crippen molar-refractivity contribution in [2.24, 2.45) is 0 Å². The molecule has 3 rings (SSSR count). The van der Waals surface area contributed by atoms with Gasteiger partial charge in [-0.2, -0.15) is 0 Å². The molecule has 1 saturated heterocycles. The molecule has 7 heteroatoms. The maximum atomic E-state index is 12.7.